The summed E-state index contributed by atoms with van der Waals surface area (Å²) in [7, 11) is 0. The van der Waals surface area contributed by atoms with Gasteiger partial charge in [-0.25, -0.2) is 13.6 Å². The minimum absolute atomic E-state index is 0.173. The fourth-order valence-corrected chi connectivity index (χ4v) is 3.34. The van der Waals surface area contributed by atoms with Crippen molar-refractivity contribution >= 4 is 11.7 Å². The molecule has 0 fully saturated rings. The first-order chi connectivity index (χ1) is 15.1. The molecule has 1 aliphatic rings. The number of carbonyl (C=O) groups excluding carboxylic acids is 1. The van der Waals surface area contributed by atoms with Crippen LogP contribution >= 0.6 is 0 Å². The normalized spacial score (nSPS) is 13.2. The van der Waals surface area contributed by atoms with Crippen LogP contribution in [0.5, 0.6) is 5.75 Å². The maximum absolute atomic E-state index is 13.7. The van der Waals surface area contributed by atoms with E-state index in [0.717, 1.165) is 16.9 Å². The maximum Gasteiger partial charge on any atom is 0.322 e. The molecule has 0 unspecified atom stereocenters. The summed E-state index contributed by atoms with van der Waals surface area (Å²) < 4.78 is 38.2. The third kappa shape index (κ3) is 5.38. The van der Waals surface area contributed by atoms with Gasteiger partial charge in [-0.15, -0.1) is 0 Å². The van der Waals surface area contributed by atoms with Crippen molar-refractivity contribution < 1.29 is 23.0 Å². The number of fused-ring (bicyclic) bond motifs is 1. The average Bonchev–Trinajstić information content (AvgIpc) is 2.99. The molecular formula is C24H22F2N2O3. The van der Waals surface area contributed by atoms with Crippen molar-refractivity contribution in [1.82, 2.24) is 4.90 Å². The van der Waals surface area contributed by atoms with Gasteiger partial charge in [0, 0.05) is 16.8 Å². The predicted octanol–water partition coefficient (Wildman–Crippen LogP) is 5.11. The average molecular weight is 424 g/mol. The highest BCUT2D eigenvalue weighted by atomic mass is 19.1. The second-order valence-corrected chi connectivity index (χ2v) is 7.23. The number of hydrogen-bond acceptors (Lipinski definition) is 3. The van der Waals surface area contributed by atoms with E-state index in [0.29, 0.717) is 37.6 Å². The molecule has 0 radical (unpaired) electrons. The molecule has 7 heteroatoms. The molecule has 1 aliphatic heterocycles. The van der Waals surface area contributed by atoms with E-state index < -0.39 is 0 Å². The molecule has 0 bridgehead atoms. The molecule has 160 valence electrons. The Morgan fingerprint density at radius 3 is 2.65 bits per heavy atom. The zero-order valence-electron chi connectivity index (χ0n) is 16.8. The number of nitrogens with zero attached hydrogens (tertiary/aromatic N) is 1. The fourth-order valence-electron chi connectivity index (χ4n) is 3.34. The Bertz CT molecular complexity index is 1060. The van der Waals surface area contributed by atoms with Gasteiger partial charge in [0.05, 0.1) is 26.3 Å². The van der Waals surface area contributed by atoms with Gasteiger partial charge in [-0.05, 0) is 48.0 Å². The van der Waals surface area contributed by atoms with Crippen LogP contribution in [0.1, 0.15) is 16.7 Å². The van der Waals surface area contributed by atoms with Crippen molar-refractivity contribution in [3.63, 3.8) is 0 Å². The highest BCUT2D eigenvalue weighted by Crippen LogP contribution is 2.25. The molecule has 0 aliphatic carbocycles. The van der Waals surface area contributed by atoms with Crippen LogP contribution in [0.25, 0.3) is 0 Å². The van der Waals surface area contributed by atoms with Crippen LogP contribution < -0.4 is 10.1 Å². The third-order valence-electron chi connectivity index (χ3n) is 4.97. The maximum atomic E-state index is 13.7. The first kappa shape index (κ1) is 20.8. The van der Waals surface area contributed by atoms with Gasteiger partial charge in [0.25, 0.3) is 0 Å². The zero-order valence-corrected chi connectivity index (χ0v) is 16.8. The molecule has 5 nitrogen and oxygen atoms in total. The second kappa shape index (κ2) is 9.57. The van der Waals surface area contributed by atoms with E-state index in [1.165, 1.54) is 30.3 Å². The molecule has 3 aromatic rings. The minimum atomic E-state index is -0.361. The topological polar surface area (TPSA) is 50.8 Å². The van der Waals surface area contributed by atoms with Crippen LogP contribution in [0.4, 0.5) is 19.3 Å². The van der Waals surface area contributed by atoms with Crippen molar-refractivity contribution in [1.29, 1.82) is 0 Å². The van der Waals surface area contributed by atoms with Gasteiger partial charge in [-0.2, -0.15) is 0 Å². The molecule has 4 rings (SSSR count). The van der Waals surface area contributed by atoms with Crippen LogP contribution in [0.15, 0.2) is 66.7 Å². The van der Waals surface area contributed by atoms with Crippen LogP contribution in [0.2, 0.25) is 0 Å². The lowest BCUT2D eigenvalue weighted by molar-refractivity contribution is 0.105. The summed E-state index contributed by atoms with van der Waals surface area (Å²) in [6.07, 6.45) is 0. The van der Waals surface area contributed by atoms with Gasteiger partial charge < -0.3 is 19.7 Å². The number of hydrogen-bond donors (Lipinski definition) is 1. The molecule has 0 aromatic heterocycles. The van der Waals surface area contributed by atoms with Gasteiger partial charge >= 0.3 is 6.03 Å². The highest BCUT2D eigenvalue weighted by molar-refractivity contribution is 5.89. The molecule has 0 spiro atoms. The molecule has 2 amide bonds. The highest BCUT2D eigenvalue weighted by Gasteiger charge is 2.20. The summed E-state index contributed by atoms with van der Waals surface area (Å²) >= 11 is 0. The first-order valence-electron chi connectivity index (χ1n) is 9.96. The lowest BCUT2D eigenvalue weighted by Crippen LogP contribution is -2.36. The van der Waals surface area contributed by atoms with Crippen molar-refractivity contribution in [2.75, 3.05) is 18.5 Å². The predicted molar refractivity (Wildman–Crippen MR) is 113 cm³/mol. The number of halogens is 2. The SMILES string of the molecule is O=C(Nc1ccc(F)cc1)N1CCOc2ccc(COCc3ccccc3F)cc2C1. The lowest BCUT2D eigenvalue weighted by Gasteiger charge is -2.20. The lowest BCUT2D eigenvalue weighted by atomic mass is 10.1. The molecule has 0 atom stereocenters. The van der Waals surface area contributed by atoms with Crippen LogP contribution in [-0.2, 0) is 24.5 Å². The Hall–Kier alpha value is -3.45. The molecule has 0 saturated heterocycles. The van der Waals surface area contributed by atoms with Crippen molar-refractivity contribution in [2.24, 2.45) is 0 Å². The molecule has 1 N–H and O–H groups in total. The van der Waals surface area contributed by atoms with Crippen LogP contribution in [0.3, 0.4) is 0 Å². The van der Waals surface area contributed by atoms with E-state index in [2.05, 4.69) is 5.32 Å². The summed E-state index contributed by atoms with van der Waals surface area (Å²) in [5.41, 5.74) is 2.79. The van der Waals surface area contributed by atoms with Gasteiger partial charge in [0.15, 0.2) is 0 Å². The number of urea groups is 1. The number of amides is 2. The van der Waals surface area contributed by atoms with Crippen LogP contribution in [-0.4, -0.2) is 24.1 Å². The van der Waals surface area contributed by atoms with E-state index in [-0.39, 0.29) is 24.3 Å². The van der Waals surface area contributed by atoms with Crippen molar-refractivity contribution in [3.8, 4) is 5.75 Å². The zero-order chi connectivity index (χ0) is 21.6. The minimum Gasteiger partial charge on any atom is -0.491 e. The standard InChI is InChI=1S/C24H22F2N2O3/c25-20-6-8-21(9-7-20)27-24(29)28-11-12-31-23-10-5-17(13-19(23)14-28)15-30-16-18-3-1-2-4-22(18)26/h1-10,13H,11-12,14-16H2,(H,27,29). The Balaban J connectivity index is 1.39. The van der Waals surface area contributed by atoms with Gasteiger partial charge in [0.1, 0.15) is 24.0 Å². The molecule has 1 heterocycles. The Kier molecular flexibility index (Phi) is 6.43. The summed E-state index contributed by atoms with van der Waals surface area (Å²) in [6, 6.07) is 17.5. The number of rotatable bonds is 5. The number of benzene rings is 3. The molecule has 31 heavy (non-hydrogen) atoms. The van der Waals surface area contributed by atoms with E-state index in [1.807, 2.05) is 18.2 Å². The van der Waals surface area contributed by atoms with E-state index in [1.54, 1.807) is 23.1 Å². The molecular weight excluding hydrogens is 402 g/mol. The quantitative estimate of drug-likeness (QED) is 0.619. The smallest absolute Gasteiger partial charge is 0.322 e. The fraction of sp³-hybridized carbons (Fsp3) is 0.208. The molecule has 0 saturated carbocycles. The Morgan fingerprint density at radius 2 is 1.84 bits per heavy atom. The van der Waals surface area contributed by atoms with Gasteiger partial charge in [0.2, 0.25) is 0 Å². The summed E-state index contributed by atoms with van der Waals surface area (Å²) in [5.74, 6) is 0.0652. The third-order valence-corrected chi connectivity index (χ3v) is 4.97. The Morgan fingerprint density at radius 1 is 1.03 bits per heavy atom. The summed E-state index contributed by atoms with van der Waals surface area (Å²) in [5, 5.41) is 2.77. The summed E-state index contributed by atoms with van der Waals surface area (Å²) in [4.78, 5) is 14.3. The number of nitrogens with one attached hydrogen (secondary N) is 1. The monoisotopic (exact) mass is 424 g/mol. The van der Waals surface area contributed by atoms with E-state index in [4.69, 9.17) is 9.47 Å². The number of carbonyl (C=O) groups is 1. The van der Waals surface area contributed by atoms with Gasteiger partial charge in [-0.3, -0.25) is 0 Å². The Labute approximate surface area is 179 Å². The van der Waals surface area contributed by atoms with E-state index in [9.17, 15) is 13.6 Å². The van der Waals surface area contributed by atoms with Crippen molar-refractivity contribution in [3.05, 3.63) is 95.1 Å². The number of anilines is 1. The van der Waals surface area contributed by atoms with Crippen molar-refractivity contribution in [2.45, 2.75) is 19.8 Å². The van der Waals surface area contributed by atoms with Crippen LogP contribution in [0, 0.1) is 11.6 Å². The first-order valence-corrected chi connectivity index (χ1v) is 9.96. The molecule has 3 aromatic carbocycles. The number of ether oxygens (including phenoxy) is 2. The largest absolute Gasteiger partial charge is 0.491 e. The summed E-state index contributed by atoms with van der Waals surface area (Å²) in [6.45, 7) is 1.63. The second-order valence-electron chi connectivity index (χ2n) is 7.23. The van der Waals surface area contributed by atoms with Gasteiger partial charge in [-0.1, -0.05) is 24.3 Å². The van der Waals surface area contributed by atoms with E-state index >= 15 is 0 Å².